The number of hydrogen-bond acceptors (Lipinski definition) is 3. The summed E-state index contributed by atoms with van der Waals surface area (Å²) in [5.41, 5.74) is 1.03. The average Bonchev–Trinajstić information content (AvgIpc) is 2.18. The summed E-state index contributed by atoms with van der Waals surface area (Å²) in [6.45, 7) is 0. The second kappa shape index (κ2) is 2.76. The zero-order valence-electron chi connectivity index (χ0n) is 6.73. The van der Waals surface area contributed by atoms with Gasteiger partial charge in [0.2, 0.25) is 0 Å². The van der Waals surface area contributed by atoms with Crippen LogP contribution in [0.1, 0.15) is 5.56 Å². The largest absolute Gasteiger partial charge is 0.507 e. The predicted octanol–water partition coefficient (Wildman–Crippen LogP) is 1.81. The molecule has 0 radical (unpaired) electrons. The van der Waals surface area contributed by atoms with Gasteiger partial charge in [0.1, 0.15) is 11.8 Å². The van der Waals surface area contributed by atoms with Crippen LogP contribution in [0.15, 0.2) is 30.5 Å². The summed E-state index contributed by atoms with van der Waals surface area (Å²) in [4.78, 5) is 4.03. The highest BCUT2D eigenvalue weighted by molar-refractivity contribution is 5.88. The molecule has 0 fully saturated rings. The van der Waals surface area contributed by atoms with Crippen LogP contribution < -0.4 is 0 Å². The molecule has 0 atom stereocenters. The minimum atomic E-state index is 0.155. The molecule has 1 aromatic carbocycles. The Balaban J connectivity index is 2.94. The van der Waals surface area contributed by atoms with Crippen LogP contribution in [0.25, 0.3) is 10.9 Å². The molecule has 1 N–H and O–H groups in total. The van der Waals surface area contributed by atoms with E-state index in [1.165, 1.54) is 12.3 Å². The zero-order valence-corrected chi connectivity index (χ0v) is 6.73. The molecule has 0 spiro atoms. The Labute approximate surface area is 74.9 Å². The maximum absolute atomic E-state index is 9.44. The number of aromatic hydroxyl groups is 1. The summed E-state index contributed by atoms with van der Waals surface area (Å²) in [7, 11) is 0. The maximum atomic E-state index is 9.44. The highest BCUT2D eigenvalue weighted by Gasteiger charge is 2.03. The third-order valence-corrected chi connectivity index (χ3v) is 1.87. The fraction of sp³-hybridized carbons (Fsp3) is 0. The topological polar surface area (TPSA) is 56.9 Å². The number of nitriles is 1. The summed E-state index contributed by atoms with van der Waals surface area (Å²) >= 11 is 0. The summed E-state index contributed by atoms with van der Waals surface area (Å²) in [6, 6.07) is 8.66. The van der Waals surface area contributed by atoms with Crippen molar-refractivity contribution in [3.05, 3.63) is 36.0 Å². The Hall–Kier alpha value is -2.08. The van der Waals surface area contributed by atoms with Crippen molar-refractivity contribution in [3.8, 4) is 11.8 Å². The molecule has 13 heavy (non-hydrogen) atoms. The van der Waals surface area contributed by atoms with Crippen molar-refractivity contribution >= 4 is 10.9 Å². The molecule has 62 valence electrons. The quantitative estimate of drug-likeness (QED) is 0.656. The molecule has 0 unspecified atom stereocenters. The fourth-order valence-corrected chi connectivity index (χ4v) is 1.25. The number of rotatable bonds is 0. The van der Waals surface area contributed by atoms with E-state index in [9.17, 15) is 5.11 Å². The molecule has 0 aliphatic carbocycles. The second-order valence-corrected chi connectivity index (χ2v) is 2.64. The minimum absolute atomic E-state index is 0.155. The monoisotopic (exact) mass is 170 g/mol. The van der Waals surface area contributed by atoms with Gasteiger partial charge in [-0.05, 0) is 18.2 Å². The molecule has 1 aromatic heterocycles. The van der Waals surface area contributed by atoms with E-state index < -0.39 is 0 Å². The van der Waals surface area contributed by atoms with Crippen LogP contribution in [0.2, 0.25) is 0 Å². The van der Waals surface area contributed by atoms with Crippen molar-refractivity contribution in [1.29, 1.82) is 5.26 Å². The highest BCUT2D eigenvalue weighted by atomic mass is 16.3. The number of fused-ring (bicyclic) bond motifs is 1. The van der Waals surface area contributed by atoms with Gasteiger partial charge in [0.05, 0.1) is 11.1 Å². The first kappa shape index (κ1) is 7.56. The Morgan fingerprint density at radius 1 is 1.31 bits per heavy atom. The van der Waals surface area contributed by atoms with Crippen LogP contribution in [0.3, 0.4) is 0 Å². The Morgan fingerprint density at radius 3 is 2.92 bits per heavy atom. The van der Waals surface area contributed by atoms with Gasteiger partial charge in [-0.3, -0.25) is 4.98 Å². The highest BCUT2D eigenvalue weighted by Crippen LogP contribution is 2.23. The van der Waals surface area contributed by atoms with Crippen molar-refractivity contribution in [2.75, 3.05) is 0 Å². The first-order valence-corrected chi connectivity index (χ1v) is 3.80. The zero-order chi connectivity index (χ0) is 9.26. The van der Waals surface area contributed by atoms with E-state index in [0.29, 0.717) is 16.5 Å². The second-order valence-electron chi connectivity index (χ2n) is 2.64. The summed E-state index contributed by atoms with van der Waals surface area (Å²) < 4.78 is 0. The number of aromatic nitrogens is 1. The molecule has 0 saturated heterocycles. The Bertz CT molecular complexity index is 500. The number of nitrogens with zero attached hydrogens (tertiary/aromatic N) is 2. The molecular weight excluding hydrogens is 164 g/mol. The molecule has 0 aliphatic rings. The normalized spacial score (nSPS) is 9.77. The lowest BCUT2D eigenvalue weighted by Gasteiger charge is -1.99. The van der Waals surface area contributed by atoms with Crippen molar-refractivity contribution in [2.45, 2.75) is 0 Å². The van der Waals surface area contributed by atoms with Gasteiger partial charge in [-0.1, -0.05) is 6.07 Å². The molecule has 0 aliphatic heterocycles. The van der Waals surface area contributed by atoms with Crippen LogP contribution in [0.5, 0.6) is 5.75 Å². The van der Waals surface area contributed by atoms with E-state index in [1.54, 1.807) is 18.2 Å². The summed E-state index contributed by atoms with van der Waals surface area (Å²) in [5.74, 6) is 0.155. The first-order chi connectivity index (χ1) is 6.33. The SMILES string of the molecule is N#Cc1cccc2c(O)ccnc12. The lowest BCUT2D eigenvalue weighted by atomic mass is 10.1. The van der Waals surface area contributed by atoms with Crippen LogP contribution in [0, 0.1) is 11.3 Å². The van der Waals surface area contributed by atoms with Crippen LogP contribution >= 0.6 is 0 Å². The minimum Gasteiger partial charge on any atom is -0.507 e. The van der Waals surface area contributed by atoms with Gasteiger partial charge >= 0.3 is 0 Å². The molecule has 3 nitrogen and oxygen atoms in total. The smallest absolute Gasteiger partial charge is 0.126 e. The molecule has 0 saturated carbocycles. The van der Waals surface area contributed by atoms with E-state index in [1.807, 2.05) is 6.07 Å². The van der Waals surface area contributed by atoms with E-state index in [4.69, 9.17) is 5.26 Å². The molecule has 0 bridgehead atoms. The van der Waals surface area contributed by atoms with Crippen LogP contribution in [-0.4, -0.2) is 10.1 Å². The van der Waals surface area contributed by atoms with Gasteiger partial charge in [-0.2, -0.15) is 5.26 Å². The van der Waals surface area contributed by atoms with Gasteiger partial charge in [0.25, 0.3) is 0 Å². The number of pyridine rings is 1. The summed E-state index contributed by atoms with van der Waals surface area (Å²) in [6.07, 6.45) is 1.48. The first-order valence-electron chi connectivity index (χ1n) is 3.80. The number of para-hydroxylation sites is 1. The lowest BCUT2D eigenvalue weighted by Crippen LogP contribution is -1.83. The van der Waals surface area contributed by atoms with Crippen LogP contribution in [0.4, 0.5) is 0 Å². The third-order valence-electron chi connectivity index (χ3n) is 1.87. The molecule has 2 aromatic rings. The van der Waals surface area contributed by atoms with Gasteiger partial charge in [-0.15, -0.1) is 0 Å². The van der Waals surface area contributed by atoms with Gasteiger partial charge in [0, 0.05) is 11.6 Å². The van der Waals surface area contributed by atoms with Gasteiger partial charge in [0.15, 0.2) is 0 Å². The van der Waals surface area contributed by atoms with E-state index >= 15 is 0 Å². The maximum Gasteiger partial charge on any atom is 0.126 e. The Morgan fingerprint density at radius 2 is 2.15 bits per heavy atom. The van der Waals surface area contributed by atoms with Crippen molar-refractivity contribution in [2.24, 2.45) is 0 Å². The molecule has 2 rings (SSSR count). The van der Waals surface area contributed by atoms with Gasteiger partial charge < -0.3 is 5.11 Å². The number of benzene rings is 1. The predicted molar refractivity (Wildman–Crippen MR) is 48.1 cm³/mol. The van der Waals surface area contributed by atoms with Crippen molar-refractivity contribution in [1.82, 2.24) is 4.98 Å². The van der Waals surface area contributed by atoms with Crippen LogP contribution in [-0.2, 0) is 0 Å². The number of hydrogen-bond donors (Lipinski definition) is 1. The molecule has 3 heteroatoms. The molecular formula is C10H6N2O. The van der Waals surface area contributed by atoms with E-state index in [0.717, 1.165) is 0 Å². The standard InChI is InChI=1S/C10H6N2O/c11-6-7-2-1-3-8-9(13)4-5-12-10(7)8/h1-5H,(H,12,13). The van der Waals surface area contributed by atoms with E-state index in [-0.39, 0.29) is 5.75 Å². The van der Waals surface area contributed by atoms with E-state index in [2.05, 4.69) is 4.98 Å². The lowest BCUT2D eigenvalue weighted by molar-refractivity contribution is 0.481. The fourth-order valence-electron chi connectivity index (χ4n) is 1.25. The summed E-state index contributed by atoms with van der Waals surface area (Å²) in [5, 5.41) is 18.8. The Kier molecular flexibility index (Phi) is 1.60. The van der Waals surface area contributed by atoms with Crippen molar-refractivity contribution in [3.63, 3.8) is 0 Å². The average molecular weight is 170 g/mol. The molecule has 1 heterocycles. The van der Waals surface area contributed by atoms with Gasteiger partial charge in [-0.25, -0.2) is 0 Å². The third kappa shape index (κ3) is 1.09. The molecule has 0 amide bonds. The van der Waals surface area contributed by atoms with Crippen molar-refractivity contribution < 1.29 is 5.11 Å².